The van der Waals surface area contributed by atoms with Crippen LogP contribution in [0, 0.1) is 0 Å². The second-order valence-electron chi connectivity index (χ2n) is 4.23. The second kappa shape index (κ2) is 13.9. The Kier molecular flexibility index (Phi) is 18.1. The third-order valence-corrected chi connectivity index (χ3v) is 4.02. The SMILES string of the molecule is CCN(CC)CC.CC[N+](CC)(CC)CC.[OH-]. The monoisotopic (exact) mass is 248 g/mol. The van der Waals surface area contributed by atoms with Crippen LogP contribution in [0.25, 0.3) is 0 Å². The summed E-state index contributed by atoms with van der Waals surface area (Å²) in [4.78, 5) is 2.38. The van der Waals surface area contributed by atoms with E-state index >= 15 is 0 Å². The number of nitrogens with zero attached hydrogens (tertiary/aromatic N) is 2. The summed E-state index contributed by atoms with van der Waals surface area (Å²) < 4.78 is 1.28. The molecule has 0 spiro atoms. The van der Waals surface area contributed by atoms with Gasteiger partial charge in [-0.2, -0.15) is 0 Å². The molecule has 17 heavy (non-hydrogen) atoms. The summed E-state index contributed by atoms with van der Waals surface area (Å²) in [7, 11) is 0. The number of hydrogen-bond acceptors (Lipinski definition) is 2. The fraction of sp³-hybridized carbons (Fsp3) is 1.00. The fourth-order valence-electron chi connectivity index (χ4n) is 2.01. The van der Waals surface area contributed by atoms with E-state index in [1.165, 1.54) is 50.3 Å². The quantitative estimate of drug-likeness (QED) is 0.649. The van der Waals surface area contributed by atoms with E-state index in [0.29, 0.717) is 0 Å². The molecule has 0 aromatic heterocycles. The molecule has 1 N–H and O–H groups in total. The molecule has 3 heteroatoms. The van der Waals surface area contributed by atoms with Gasteiger partial charge in [-0.25, -0.2) is 0 Å². The molecule has 0 heterocycles. The van der Waals surface area contributed by atoms with Crippen molar-refractivity contribution in [3.63, 3.8) is 0 Å². The van der Waals surface area contributed by atoms with Crippen LogP contribution >= 0.6 is 0 Å². The predicted molar refractivity (Wildman–Crippen MR) is 77.8 cm³/mol. The van der Waals surface area contributed by atoms with Crippen LogP contribution in [0.4, 0.5) is 0 Å². The van der Waals surface area contributed by atoms with Gasteiger partial charge in [0.15, 0.2) is 0 Å². The molecule has 108 valence electrons. The van der Waals surface area contributed by atoms with Crippen LogP contribution in [0.2, 0.25) is 0 Å². The van der Waals surface area contributed by atoms with Crippen molar-refractivity contribution in [2.75, 3.05) is 45.8 Å². The van der Waals surface area contributed by atoms with Gasteiger partial charge in [-0.05, 0) is 47.3 Å². The van der Waals surface area contributed by atoms with E-state index in [-0.39, 0.29) is 5.48 Å². The molecule has 0 unspecified atom stereocenters. The van der Waals surface area contributed by atoms with Crippen LogP contribution in [0.1, 0.15) is 48.5 Å². The van der Waals surface area contributed by atoms with E-state index in [1.807, 2.05) is 0 Å². The third-order valence-electron chi connectivity index (χ3n) is 4.02. The summed E-state index contributed by atoms with van der Waals surface area (Å²) in [5.41, 5.74) is 0. The summed E-state index contributed by atoms with van der Waals surface area (Å²) in [5.74, 6) is 0. The van der Waals surface area contributed by atoms with Gasteiger partial charge >= 0.3 is 0 Å². The Hall–Kier alpha value is -0.120. The standard InChI is InChI=1S/C8H20N.C6H15N.H2O/c1-5-9(6-2,7-3)8-4;1-4-7(5-2)6-3;/h5-8H2,1-4H3;4-6H2,1-3H3;1H2/q+1;;/p-1. The Morgan fingerprint density at radius 3 is 0.824 bits per heavy atom. The van der Waals surface area contributed by atoms with Crippen LogP contribution in [-0.2, 0) is 0 Å². The second-order valence-corrected chi connectivity index (χ2v) is 4.23. The largest absolute Gasteiger partial charge is 0.870 e. The van der Waals surface area contributed by atoms with E-state index in [1.54, 1.807) is 0 Å². The van der Waals surface area contributed by atoms with Gasteiger partial charge in [0.2, 0.25) is 0 Å². The van der Waals surface area contributed by atoms with Crippen molar-refractivity contribution in [1.82, 2.24) is 4.90 Å². The van der Waals surface area contributed by atoms with Gasteiger partial charge < -0.3 is 14.9 Å². The van der Waals surface area contributed by atoms with Crippen molar-refractivity contribution >= 4 is 0 Å². The first-order chi connectivity index (χ1) is 7.59. The molecule has 0 saturated carbocycles. The lowest BCUT2D eigenvalue weighted by atomic mass is 10.3. The van der Waals surface area contributed by atoms with E-state index in [4.69, 9.17) is 0 Å². The maximum absolute atomic E-state index is 2.38. The highest BCUT2D eigenvalue weighted by Crippen LogP contribution is 2.03. The smallest absolute Gasteiger partial charge is 0.0757 e. The molecule has 0 aliphatic heterocycles. The van der Waals surface area contributed by atoms with Gasteiger partial charge in [-0.1, -0.05) is 20.8 Å². The minimum Gasteiger partial charge on any atom is -0.870 e. The Morgan fingerprint density at radius 1 is 0.588 bits per heavy atom. The lowest BCUT2D eigenvalue weighted by Gasteiger charge is -2.34. The maximum Gasteiger partial charge on any atom is 0.0757 e. The summed E-state index contributed by atoms with van der Waals surface area (Å²) in [6, 6.07) is 0. The van der Waals surface area contributed by atoms with Crippen molar-refractivity contribution in [2.24, 2.45) is 0 Å². The van der Waals surface area contributed by atoms with Gasteiger partial charge in [0.25, 0.3) is 0 Å². The zero-order valence-corrected chi connectivity index (χ0v) is 13.3. The van der Waals surface area contributed by atoms with Crippen LogP contribution in [0.15, 0.2) is 0 Å². The molecule has 0 rings (SSSR count). The highest BCUT2D eigenvalue weighted by molar-refractivity contribution is 4.43. The highest BCUT2D eigenvalue weighted by Gasteiger charge is 2.16. The van der Waals surface area contributed by atoms with Crippen LogP contribution < -0.4 is 0 Å². The topological polar surface area (TPSA) is 33.2 Å². The molecule has 0 aromatic rings. The minimum absolute atomic E-state index is 0. The zero-order valence-electron chi connectivity index (χ0n) is 13.3. The van der Waals surface area contributed by atoms with E-state index in [0.717, 1.165) is 0 Å². The molecule has 0 aromatic carbocycles. The third kappa shape index (κ3) is 9.57. The number of rotatable bonds is 7. The molecule has 0 saturated heterocycles. The average Bonchev–Trinajstić information content (AvgIpc) is 2.36. The van der Waals surface area contributed by atoms with Crippen molar-refractivity contribution in [3.8, 4) is 0 Å². The Labute approximate surface area is 110 Å². The van der Waals surface area contributed by atoms with Gasteiger partial charge in [-0.3, -0.25) is 0 Å². The first-order valence-electron chi connectivity index (χ1n) is 7.16. The molecular weight excluding hydrogens is 212 g/mol. The van der Waals surface area contributed by atoms with Gasteiger partial charge in [0.1, 0.15) is 0 Å². The normalized spacial score (nSPS) is 10.6. The first kappa shape index (κ1) is 22.1. The molecule has 0 fully saturated rings. The van der Waals surface area contributed by atoms with Crippen LogP contribution in [0.3, 0.4) is 0 Å². The summed E-state index contributed by atoms with van der Waals surface area (Å²) in [6.07, 6.45) is 0. The van der Waals surface area contributed by atoms with Gasteiger partial charge in [-0.15, -0.1) is 0 Å². The molecule has 3 nitrogen and oxygen atoms in total. The predicted octanol–water partition coefficient (Wildman–Crippen LogP) is 3.05. The van der Waals surface area contributed by atoms with E-state index < -0.39 is 0 Å². The summed E-state index contributed by atoms with van der Waals surface area (Å²) in [6.45, 7) is 24.3. The van der Waals surface area contributed by atoms with Crippen LogP contribution in [-0.4, -0.2) is 60.7 Å². The number of hydrogen-bond donors (Lipinski definition) is 0. The molecule has 0 atom stereocenters. The van der Waals surface area contributed by atoms with Crippen molar-refractivity contribution in [2.45, 2.75) is 48.5 Å². The van der Waals surface area contributed by atoms with Crippen molar-refractivity contribution < 1.29 is 9.96 Å². The minimum atomic E-state index is 0. The highest BCUT2D eigenvalue weighted by atomic mass is 16.0. The van der Waals surface area contributed by atoms with Crippen molar-refractivity contribution in [1.29, 1.82) is 0 Å². The van der Waals surface area contributed by atoms with E-state index in [9.17, 15) is 0 Å². The van der Waals surface area contributed by atoms with Gasteiger partial charge in [0, 0.05) is 0 Å². The lowest BCUT2D eigenvalue weighted by Crippen LogP contribution is -2.47. The molecular formula is C14H36N2O. The molecule has 0 amide bonds. The molecule has 0 bridgehead atoms. The summed E-state index contributed by atoms with van der Waals surface area (Å²) in [5, 5.41) is 0. The molecule has 0 radical (unpaired) electrons. The van der Waals surface area contributed by atoms with Gasteiger partial charge in [0.05, 0.1) is 26.2 Å². The Bertz CT molecular complexity index is 109. The molecule has 0 aliphatic carbocycles. The maximum atomic E-state index is 2.38. The fourth-order valence-corrected chi connectivity index (χ4v) is 2.01. The van der Waals surface area contributed by atoms with Crippen LogP contribution in [0.5, 0.6) is 0 Å². The molecule has 0 aliphatic rings. The lowest BCUT2D eigenvalue weighted by molar-refractivity contribution is -0.921. The number of quaternary nitrogens is 1. The van der Waals surface area contributed by atoms with Crippen molar-refractivity contribution in [3.05, 3.63) is 0 Å². The zero-order chi connectivity index (χ0) is 13.0. The average molecular weight is 248 g/mol. The summed E-state index contributed by atoms with van der Waals surface area (Å²) >= 11 is 0. The Morgan fingerprint density at radius 2 is 0.824 bits per heavy atom. The Balaban J connectivity index is -0.000000224. The van der Waals surface area contributed by atoms with E-state index in [2.05, 4.69) is 53.4 Å². The first-order valence-corrected chi connectivity index (χ1v) is 7.16.